The SMILES string of the molecule is Cc1cc(CC(=O)CN2CCOCC2)nn1-c1ccc2ccccc2c1. The van der Waals surface area contributed by atoms with Crippen molar-refractivity contribution in [2.75, 3.05) is 32.8 Å². The van der Waals surface area contributed by atoms with Crippen LogP contribution in [0.5, 0.6) is 0 Å². The lowest BCUT2D eigenvalue weighted by molar-refractivity contribution is -0.120. The average molecular weight is 349 g/mol. The quantitative estimate of drug-likeness (QED) is 0.711. The van der Waals surface area contributed by atoms with E-state index in [9.17, 15) is 4.79 Å². The van der Waals surface area contributed by atoms with Gasteiger partial charge >= 0.3 is 0 Å². The van der Waals surface area contributed by atoms with E-state index in [0.717, 1.165) is 30.2 Å². The van der Waals surface area contributed by atoms with Crippen molar-refractivity contribution in [1.29, 1.82) is 0 Å². The Morgan fingerprint density at radius 1 is 1.08 bits per heavy atom. The van der Waals surface area contributed by atoms with Gasteiger partial charge in [-0.05, 0) is 35.9 Å². The second-order valence-corrected chi connectivity index (χ2v) is 6.82. The fourth-order valence-electron chi connectivity index (χ4n) is 3.46. The first-order chi connectivity index (χ1) is 12.7. The predicted octanol–water partition coefficient (Wildman–Crippen LogP) is 2.78. The summed E-state index contributed by atoms with van der Waals surface area (Å²) < 4.78 is 7.25. The minimum atomic E-state index is 0.204. The smallest absolute Gasteiger partial charge is 0.152 e. The number of morpholine rings is 1. The van der Waals surface area contributed by atoms with Crippen LogP contribution in [-0.4, -0.2) is 53.3 Å². The van der Waals surface area contributed by atoms with E-state index in [1.807, 2.05) is 29.8 Å². The van der Waals surface area contributed by atoms with Crippen LogP contribution in [-0.2, 0) is 16.0 Å². The van der Waals surface area contributed by atoms with Crippen LogP contribution < -0.4 is 0 Å². The number of hydrogen-bond acceptors (Lipinski definition) is 4. The molecule has 0 bridgehead atoms. The fraction of sp³-hybridized carbons (Fsp3) is 0.333. The maximum Gasteiger partial charge on any atom is 0.152 e. The van der Waals surface area contributed by atoms with Gasteiger partial charge in [-0.3, -0.25) is 9.69 Å². The van der Waals surface area contributed by atoms with E-state index in [0.29, 0.717) is 26.2 Å². The van der Waals surface area contributed by atoms with Crippen LogP contribution in [0.4, 0.5) is 0 Å². The molecule has 5 heteroatoms. The second-order valence-electron chi connectivity index (χ2n) is 6.82. The molecule has 0 spiro atoms. The van der Waals surface area contributed by atoms with Crippen LogP contribution in [0.15, 0.2) is 48.5 Å². The van der Waals surface area contributed by atoms with Crippen molar-refractivity contribution < 1.29 is 9.53 Å². The Labute approximate surface area is 153 Å². The topological polar surface area (TPSA) is 47.4 Å². The number of carbonyl (C=O) groups is 1. The van der Waals surface area contributed by atoms with Gasteiger partial charge in [-0.1, -0.05) is 30.3 Å². The summed E-state index contributed by atoms with van der Waals surface area (Å²) in [5, 5.41) is 7.07. The Hall–Kier alpha value is -2.50. The molecule has 0 atom stereocenters. The molecule has 2 heterocycles. The van der Waals surface area contributed by atoms with Gasteiger partial charge < -0.3 is 4.74 Å². The maximum absolute atomic E-state index is 12.4. The molecular formula is C21H23N3O2. The highest BCUT2D eigenvalue weighted by molar-refractivity contribution is 5.84. The maximum atomic E-state index is 12.4. The Balaban J connectivity index is 1.50. The third-order valence-electron chi connectivity index (χ3n) is 4.80. The van der Waals surface area contributed by atoms with Crippen molar-refractivity contribution in [3.8, 4) is 5.69 Å². The normalized spacial score (nSPS) is 15.4. The van der Waals surface area contributed by atoms with Crippen molar-refractivity contribution in [3.05, 3.63) is 59.9 Å². The van der Waals surface area contributed by atoms with Gasteiger partial charge in [-0.25, -0.2) is 4.68 Å². The molecule has 26 heavy (non-hydrogen) atoms. The van der Waals surface area contributed by atoms with Crippen LogP contribution in [0.1, 0.15) is 11.4 Å². The summed E-state index contributed by atoms with van der Waals surface area (Å²) in [7, 11) is 0. The number of ether oxygens (including phenoxy) is 1. The molecule has 0 aliphatic carbocycles. The lowest BCUT2D eigenvalue weighted by Crippen LogP contribution is -2.39. The summed E-state index contributed by atoms with van der Waals surface area (Å²) in [6.45, 7) is 5.59. The average Bonchev–Trinajstić information content (AvgIpc) is 3.02. The Morgan fingerprint density at radius 3 is 2.65 bits per heavy atom. The van der Waals surface area contributed by atoms with Crippen LogP contribution in [0.2, 0.25) is 0 Å². The molecule has 134 valence electrons. The van der Waals surface area contributed by atoms with Crippen molar-refractivity contribution in [1.82, 2.24) is 14.7 Å². The number of aryl methyl sites for hydroxylation is 1. The summed E-state index contributed by atoms with van der Waals surface area (Å²) in [6, 6.07) is 16.6. The Bertz CT molecular complexity index is 926. The van der Waals surface area contributed by atoms with E-state index in [-0.39, 0.29) is 5.78 Å². The molecule has 1 aliphatic heterocycles. The first-order valence-corrected chi connectivity index (χ1v) is 9.05. The van der Waals surface area contributed by atoms with Gasteiger partial charge in [0, 0.05) is 18.8 Å². The van der Waals surface area contributed by atoms with E-state index in [4.69, 9.17) is 4.74 Å². The van der Waals surface area contributed by atoms with Gasteiger partial charge in [-0.15, -0.1) is 0 Å². The molecule has 0 amide bonds. The molecule has 0 radical (unpaired) electrons. The lowest BCUT2D eigenvalue weighted by Gasteiger charge is -2.25. The third kappa shape index (κ3) is 3.69. The number of ketones is 1. The van der Waals surface area contributed by atoms with Crippen LogP contribution >= 0.6 is 0 Å². The Morgan fingerprint density at radius 2 is 1.85 bits per heavy atom. The van der Waals surface area contributed by atoms with Crippen LogP contribution in [0.25, 0.3) is 16.5 Å². The molecule has 5 nitrogen and oxygen atoms in total. The van der Waals surface area contributed by atoms with E-state index in [1.165, 1.54) is 10.8 Å². The van der Waals surface area contributed by atoms with Crippen molar-refractivity contribution in [2.45, 2.75) is 13.3 Å². The number of hydrogen-bond donors (Lipinski definition) is 0. The van der Waals surface area contributed by atoms with Crippen LogP contribution in [0.3, 0.4) is 0 Å². The number of aromatic nitrogens is 2. The summed E-state index contributed by atoms with van der Waals surface area (Å²) in [5.41, 5.74) is 2.89. The summed E-state index contributed by atoms with van der Waals surface area (Å²) in [4.78, 5) is 14.5. The Kier molecular flexibility index (Phi) is 4.82. The number of rotatable bonds is 5. The first kappa shape index (κ1) is 16.9. The van der Waals surface area contributed by atoms with E-state index >= 15 is 0 Å². The van der Waals surface area contributed by atoms with Gasteiger partial charge in [0.05, 0.1) is 37.6 Å². The van der Waals surface area contributed by atoms with Crippen molar-refractivity contribution >= 4 is 16.6 Å². The minimum absolute atomic E-state index is 0.204. The molecule has 0 N–H and O–H groups in total. The molecule has 4 rings (SSSR count). The van der Waals surface area contributed by atoms with E-state index in [2.05, 4.69) is 40.3 Å². The van der Waals surface area contributed by atoms with E-state index in [1.54, 1.807) is 0 Å². The van der Waals surface area contributed by atoms with Gasteiger partial charge in [0.1, 0.15) is 0 Å². The third-order valence-corrected chi connectivity index (χ3v) is 4.80. The first-order valence-electron chi connectivity index (χ1n) is 9.05. The molecule has 1 aromatic heterocycles. The highest BCUT2D eigenvalue weighted by Crippen LogP contribution is 2.20. The van der Waals surface area contributed by atoms with Gasteiger partial charge in [0.15, 0.2) is 5.78 Å². The zero-order valence-electron chi connectivity index (χ0n) is 15.0. The lowest BCUT2D eigenvalue weighted by atomic mass is 10.1. The minimum Gasteiger partial charge on any atom is -0.379 e. The predicted molar refractivity (Wildman–Crippen MR) is 102 cm³/mol. The number of fused-ring (bicyclic) bond motifs is 1. The molecular weight excluding hydrogens is 326 g/mol. The number of carbonyl (C=O) groups excluding carboxylic acids is 1. The van der Waals surface area contributed by atoms with Crippen LogP contribution in [0, 0.1) is 6.92 Å². The van der Waals surface area contributed by atoms with Crippen molar-refractivity contribution in [3.63, 3.8) is 0 Å². The molecule has 0 unspecified atom stereocenters. The highest BCUT2D eigenvalue weighted by atomic mass is 16.5. The van der Waals surface area contributed by atoms with Gasteiger partial charge in [-0.2, -0.15) is 5.10 Å². The summed E-state index contributed by atoms with van der Waals surface area (Å²) >= 11 is 0. The summed E-state index contributed by atoms with van der Waals surface area (Å²) in [6.07, 6.45) is 0.374. The van der Waals surface area contributed by atoms with E-state index < -0.39 is 0 Å². The fourth-order valence-corrected chi connectivity index (χ4v) is 3.46. The van der Waals surface area contributed by atoms with Gasteiger partial charge in [0.25, 0.3) is 0 Å². The molecule has 1 saturated heterocycles. The summed E-state index contributed by atoms with van der Waals surface area (Å²) in [5.74, 6) is 0.204. The highest BCUT2D eigenvalue weighted by Gasteiger charge is 2.16. The zero-order valence-corrected chi connectivity index (χ0v) is 15.0. The van der Waals surface area contributed by atoms with Crippen molar-refractivity contribution in [2.24, 2.45) is 0 Å². The zero-order chi connectivity index (χ0) is 17.9. The molecule has 1 aliphatic rings. The molecule has 0 saturated carbocycles. The molecule has 2 aromatic carbocycles. The molecule has 3 aromatic rings. The molecule has 1 fully saturated rings. The monoisotopic (exact) mass is 349 g/mol. The number of nitrogens with zero attached hydrogens (tertiary/aromatic N) is 3. The largest absolute Gasteiger partial charge is 0.379 e. The van der Waals surface area contributed by atoms with Gasteiger partial charge in [0.2, 0.25) is 0 Å². The number of benzene rings is 2. The number of Topliss-reactive ketones (excluding diaryl/α,β-unsaturated/α-hetero) is 1. The second kappa shape index (κ2) is 7.40. The standard InChI is InChI=1S/C21H23N3O2/c1-16-12-19(14-21(25)15-23-8-10-26-11-9-23)22-24(16)20-7-6-17-4-2-3-5-18(17)13-20/h2-7,12-13H,8-11,14-15H2,1H3.